The van der Waals surface area contributed by atoms with Crippen LogP contribution < -0.4 is 16.2 Å². The van der Waals surface area contributed by atoms with E-state index in [9.17, 15) is 4.79 Å². The molecular weight excluding hydrogens is 336 g/mol. The number of allylic oxidation sites excluding steroid dienone is 3. The van der Waals surface area contributed by atoms with Gasteiger partial charge < -0.3 is 10.6 Å². The molecule has 0 aliphatic heterocycles. The lowest BCUT2D eigenvalue weighted by Crippen LogP contribution is -2.29. The number of anilines is 1. The van der Waals surface area contributed by atoms with Crippen molar-refractivity contribution < 1.29 is 0 Å². The summed E-state index contributed by atoms with van der Waals surface area (Å²) in [7, 11) is 1.73. The standard InChI is InChI=1S/C22H26N4O/c1-4-20(17-10-8-9-16(2)13-17)25-22-24-19(14-21(27)26(22)3)15-23-18-11-6-5-7-12-18/h4-11,13-14,18,23H,12,15H2,1-3H3,(H,24,25)/b20-4+. The SMILES string of the molecule is C/C=C(/Nc1nc(CNC2C=CC=CC2)cc(=O)n1C)c1cccc(C)c1. The summed E-state index contributed by atoms with van der Waals surface area (Å²) in [4.78, 5) is 17.0. The summed E-state index contributed by atoms with van der Waals surface area (Å²) in [5.41, 5.74) is 3.82. The van der Waals surface area contributed by atoms with Gasteiger partial charge in [-0.1, -0.05) is 54.1 Å². The van der Waals surface area contributed by atoms with Crippen LogP contribution in [0.25, 0.3) is 5.70 Å². The predicted molar refractivity (Wildman–Crippen MR) is 111 cm³/mol. The number of hydrogen-bond acceptors (Lipinski definition) is 4. The van der Waals surface area contributed by atoms with Gasteiger partial charge >= 0.3 is 0 Å². The molecule has 5 heteroatoms. The summed E-state index contributed by atoms with van der Waals surface area (Å²) in [6.07, 6.45) is 11.3. The molecule has 140 valence electrons. The molecule has 2 aromatic rings. The number of rotatable bonds is 6. The first-order chi connectivity index (χ1) is 13.1. The summed E-state index contributed by atoms with van der Waals surface area (Å²) >= 11 is 0. The second-order valence-electron chi connectivity index (χ2n) is 6.70. The second-order valence-corrected chi connectivity index (χ2v) is 6.70. The number of nitrogens with one attached hydrogen (secondary N) is 2. The van der Waals surface area contributed by atoms with Crippen molar-refractivity contribution in [3.05, 3.63) is 87.9 Å². The maximum Gasteiger partial charge on any atom is 0.254 e. The summed E-state index contributed by atoms with van der Waals surface area (Å²) in [5, 5.41) is 6.75. The molecule has 1 heterocycles. The van der Waals surface area contributed by atoms with Crippen molar-refractivity contribution in [2.45, 2.75) is 32.9 Å². The average molecular weight is 362 g/mol. The highest BCUT2D eigenvalue weighted by Crippen LogP contribution is 2.18. The maximum atomic E-state index is 12.4. The van der Waals surface area contributed by atoms with Gasteiger partial charge in [-0.3, -0.25) is 9.36 Å². The Morgan fingerprint density at radius 1 is 1.33 bits per heavy atom. The van der Waals surface area contributed by atoms with Gasteiger partial charge in [-0.05, 0) is 31.9 Å². The minimum Gasteiger partial charge on any atom is -0.325 e. The topological polar surface area (TPSA) is 59.0 Å². The maximum absolute atomic E-state index is 12.4. The monoisotopic (exact) mass is 362 g/mol. The molecule has 0 saturated heterocycles. The van der Waals surface area contributed by atoms with Crippen molar-refractivity contribution in [3.8, 4) is 0 Å². The Morgan fingerprint density at radius 2 is 2.19 bits per heavy atom. The quantitative estimate of drug-likeness (QED) is 0.825. The van der Waals surface area contributed by atoms with Crippen LogP contribution >= 0.6 is 0 Å². The van der Waals surface area contributed by atoms with Crippen molar-refractivity contribution in [3.63, 3.8) is 0 Å². The molecule has 0 bridgehead atoms. The smallest absolute Gasteiger partial charge is 0.254 e. The first-order valence-corrected chi connectivity index (χ1v) is 9.21. The highest BCUT2D eigenvalue weighted by Gasteiger charge is 2.10. The number of hydrogen-bond donors (Lipinski definition) is 2. The summed E-state index contributed by atoms with van der Waals surface area (Å²) in [6.45, 7) is 4.58. The van der Waals surface area contributed by atoms with E-state index in [1.54, 1.807) is 13.1 Å². The van der Waals surface area contributed by atoms with Crippen molar-refractivity contribution in [2.75, 3.05) is 5.32 Å². The van der Waals surface area contributed by atoms with Crippen molar-refractivity contribution in [1.29, 1.82) is 0 Å². The summed E-state index contributed by atoms with van der Waals surface area (Å²) in [5.74, 6) is 0.535. The van der Waals surface area contributed by atoms with Gasteiger partial charge in [0.2, 0.25) is 5.95 Å². The number of aryl methyl sites for hydroxylation is 1. The Morgan fingerprint density at radius 3 is 2.89 bits per heavy atom. The van der Waals surface area contributed by atoms with Gasteiger partial charge in [-0.15, -0.1) is 0 Å². The minimum absolute atomic E-state index is 0.0805. The van der Waals surface area contributed by atoms with Gasteiger partial charge in [0, 0.05) is 31.4 Å². The predicted octanol–water partition coefficient (Wildman–Crippen LogP) is 3.54. The van der Waals surface area contributed by atoms with E-state index in [0.717, 1.165) is 23.4 Å². The Kier molecular flexibility index (Phi) is 6.04. The molecule has 5 nitrogen and oxygen atoms in total. The molecule has 1 aromatic carbocycles. The molecule has 0 spiro atoms. The van der Waals surface area contributed by atoms with Crippen LogP contribution in [0.5, 0.6) is 0 Å². The van der Waals surface area contributed by atoms with Crippen LogP contribution in [-0.2, 0) is 13.6 Å². The van der Waals surface area contributed by atoms with E-state index < -0.39 is 0 Å². The van der Waals surface area contributed by atoms with E-state index in [2.05, 4.69) is 46.8 Å². The van der Waals surface area contributed by atoms with E-state index in [4.69, 9.17) is 0 Å². The molecule has 0 amide bonds. The van der Waals surface area contributed by atoms with Gasteiger partial charge in [0.15, 0.2) is 0 Å². The van der Waals surface area contributed by atoms with Crippen LogP contribution in [0.3, 0.4) is 0 Å². The molecule has 27 heavy (non-hydrogen) atoms. The van der Waals surface area contributed by atoms with E-state index >= 15 is 0 Å². The lowest BCUT2D eigenvalue weighted by atomic mass is 10.1. The zero-order valence-corrected chi connectivity index (χ0v) is 16.1. The molecule has 1 atom stereocenters. The van der Waals surface area contributed by atoms with E-state index in [1.807, 2.05) is 37.3 Å². The van der Waals surface area contributed by atoms with Gasteiger partial charge in [0.1, 0.15) is 0 Å². The summed E-state index contributed by atoms with van der Waals surface area (Å²) < 4.78 is 1.53. The van der Waals surface area contributed by atoms with Gasteiger partial charge in [0.25, 0.3) is 5.56 Å². The van der Waals surface area contributed by atoms with Crippen LogP contribution in [0.4, 0.5) is 5.95 Å². The third kappa shape index (κ3) is 4.83. The molecular formula is C22H26N4O. The molecule has 0 radical (unpaired) electrons. The fourth-order valence-corrected chi connectivity index (χ4v) is 3.00. The fraction of sp³-hybridized carbons (Fsp3) is 0.273. The van der Waals surface area contributed by atoms with Crippen LogP contribution in [0, 0.1) is 6.92 Å². The third-order valence-electron chi connectivity index (χ3n) is 4.58. The number of nitrogens with zero attached hydrogens (tertiary/aromatic N) is 2. The lowest BCUT2D eigenvalue weighted by molar-refractivity contribution is 0.584. The van der Waals surface area contributed by atoms with Crippen molar-refractivity contribution >= 4 is 11.6 Å². The Hall–Kier alpha value is -2.92. The highest BCUT2D eigenvalue weighted by molar-refractivity contribution is 5.74. The van der Waals surface area contributed by atoms with Gasteiger partial charge in [-0.25, -0.2) is 4.98 Å². The fourth-order valence-electron chi connectivity index (χ4n) is 3.00. The number of aromatic nitrogens is 2. The zero-order chi connectivity index (χ0) is 19.2. The molecule has 1 unspecified atom stereocenters. The largest absolute Gasteiger partial charge is 0.325 e. The molecule has 1 aliphatic carbocycles. The first kappa shape index (κ1) is 18.9. The second kappa shape index (κ2) is 8.64. The third-order valence-corrected chi connectivity index (χ3v) is 4.58. The molecule has 1 aliphatic rings. The first-order valence-electron chi connectivity index (χ1n) is 9.21. The molecule has 0 saturated carbocycles. The Balaban J connectivity index is 1.80. The highest BCUT2D eigenvalue weighted by atomic mass is 16.1. The summed E-state index contributed by atoms with van der Waals surface area (Å²) in [6, 6.07) is 10.1. The minimum atomic E-state index is -0.0805. The zero-order valence-electron chi connectivity index (χ0n) is 16.1. The average Bonchev–Trinajstić information content (AvgIpc) is 2.68. The molecule has 1 aromatic heterocycles. The van der Waals surface area contributed by atoms with Crippen molar-refractivity contribution in [2.24, 2.45) is 7.05 Å². The van der Waals surface area contributed by atoms with E-state index in [-0.39, 0.29) is 11.6 Å². The van der Waals surface area contributed by atoms with Crippen LogP contribution in [-0.4, -0.2) is 15.6 Å². The Bertz CT molecular complexity index is 953. The van der Waals surface area contributed by atoms with Crippen LogP contribution in [0.2, 0.25) is 0 Å². The van der Waals surface area contributed by atoms with E-state index in [0.29, 0.717) is 12.5 Å². The van der Waals surface area contributed by atoms with Gasteiger partial charge in [0.05, 0.1) is 5.69 Å². The van der Waals surface area contributed by atoms with Crippen LogP contribution in [0.1, 0.15) is 30.2 Å². The normalized spacial score (nSPS) is 16.6. The van der Waals surface area contributed by atoms with Gasteiger partial charge in [-0.2, -0.15) is 0 Å². The Labute approximate surface area is 160 Å². The van der Waals surface area contributed by atoms with Crippen LogP contribution in [0.15, 0.2) is 65.5 Å². The lowest BCUT2D eigenvalue weighted by Gasteiger charge is -2.17. The molecule has 0 fully saturated rings. The number of benzene rings is 1. The van der Waals surface area contributed by atoms with Crippen molar-refractivity contribution in [1.82, 2.24) is 14.9 Å². The molecule has 3 rings (SSSR count). The molecule has 2 N–H and O–H groups in total. The van der Waals surface area contributed by atoms with E-state index in [1.165, 1.54) is 10.1 Å².